The molecule has 0 amide bonds. The van der Waals surface area contributed by atoms with Gasteiger partial charge < -0.3 is 4.74 Å². The van der Waals surface area contributed by atoms with Crippen LogP contribution in [0.4, 0.5) is 0 Å². The molecule has 0 fully saturated rings. The Morgan fingerprint density at radius 1 is 1.22 bits per heavy atom. The summed E-state index contributed by atoms with van der Waals surface area (Å²) < 4.78 is 34.0. The Balaban J connectivity index is 2.61. The van der Waals surface area contributed by atoms with Gasteiger partial charge in [0.25, 0.3) is 10.1 Å². The van der Waals surface area contributed by atoms with E-state index >= 15 is 0 Å². The normalized spacial score (nSPS) is 13.5. The lowest BCUT2D eigenvalue weighted by Crippen LogP contribution is -2.19. The Labute approximate surface area is 109 Å². The molecule has 5 heteroatoms. The molecule has 1 aromatic rings. The van der Waals surface area contributed by atoms with Gasteiger partial charge in [0.1, 0.15) is 0 Å². The van der Waals surface area contributed by atoms with E-state index in [4.69, 9.17) is 8.92 Å². The van der Waals surface area contributed by atoms with Crippen molar-refractivity contribution in [1.29, 1.82) is 0 Å². The lowest BCUT2D eigenvalue weighted by atomic mass is 10.2. The first-order valence-electron chi connectivity index (χ1n) is 6.07. The molecular weight excluding hydrogens is 252 g/mol. The molecule has 18 heavy (non-hydrogen) atoms. The highest BCUT2D eigenvalue weighted by molar-refractivity contribution is 7.86. The van der Waals surface area contributed by atoms with Crippen LogP contribution in [0.15, 0.2) is 29.2 Å². The van der Waals surface area contributed by atoms with Gasteiger partial charge in [-0.2, -0.15) is 8.42 Å². The van der Waals surface area contributed by atoms with E-state index in [1.54, 1.807) is 19.1 Å². The average molecular weight is 272 g/mol. The maximum Gasteiger partial charge on any atom is 0.299 e. The molecule has 4 nitrogen and oxygen atoms in total. The standard InChI is InChI=1S/C13H20O4S/c1-4-5-10-16-12(3)17-18(14,15)13-8-6-11(2)7-9-13/h6-9,12H,4-5,10H2,1-3H3. The second kappa shape index (κ2) is 6.87. The van der Waals surface area contributed by atoms with E-state index in [9.17, 15) is 8.42 Å². The summed E-state index contributed by atoms with van der Waals surface area (Å²) in [5.41, 5.74) is 1.00. The summed E-state index contributed by atoms with van der Waals surface area (Å²) in [6, 6.07) is 6.53. The minimum atomic E-state index is -3.74. The molecule has 1 unspecified atom stereocenters. The van der Waals surface area contributed by atoms with Crippen molar-refractivity contribution >= 4 is 10.1 Å². The van der Waals surface area contributed by atoms with Crippen LogP contribution in [-0.2, 0) is 19.0 Å². The SMILES string of the molecule is CCCCOC(C)OS(=O)(=O)c1ccc(C)cc1. The van der Waals surface area contributed by atoms with Gasteiger partial charge >= 0.3 is 0 Å². The molecule has 102 valence electrons. The topological polar surface area (TPSA) is 52.6 Å². The zero-order valence-electron chi connectivity index (χ0n) is 11.0. The number of benzene rings is 1. The van der Waals surface area contributed by atoms with Crippen LogP contribution in [0.3, 0.4) is 0 Å². The Bertz CT molecular complexity index is 450. The molecule has 0 spiro atoms. The molecule has 1 rings (SSSR count). The molecule has 1 aromatic carbocycles. The fourth-order valence-electron chi connectivity index (χ4n) is 1.36. The largest absolute Gasteiger partial charge is 0.352 e. The fourth-order valence-corrected chi connectivity index (χ4v) is 2.35. The summed E-state index contributed by atoms with van der Waals surface area (Å²) in [6.45, 7) is 6.02. The molecule has 0 saturated heterocycles. The van der Waals surface area contributed by atoms with Gasteiger partial charge in [-0.1, -0.05) is 31.0 Å². The second-order valence-electron chi connectivity index (χ2n) is 4.16. The average Bonchev–Trinajstić information content (AvgIpc) is 2.29. The molecule has 0 bridgehead atoms. The van der Waals surface area contributed by atoms with E-state index in [2.05, 4.69) is 0 Å². The Kier molecular flexibility index (Phi) is 5.78. The number of hydrogen-bond donors (Lipinski definition) is 0. The number of ether oxygens (including phenoxy) is 1. The van der Waals surface area contributed by atoms with Crippen molar-refractivity contribution in [2.24, 2.45) is 0 Å². The van der Waals surface area contributed by atoms with Crippen molar-refractivity contribution in [2.45, 2.75) is 44.8 Å². The van der Waals surface area contributed by atoms with E-state index in [-0.39, 0.29) is 4.90 Å². The van der Waals surface area contributed by atoms with Crippen molar-refractivity contribution in [3.63, 3.8) is 0 Å². The molecule has 0 aromatic heterocycles. The van der Waals surface area contributed by atoms with Gasteiger partial charge in [-0.3, -0.25) is 0 Å². The van der Waals surface area contributed by atoms with Gasteiger partial charge in [-0.25, -0.2) is 4.18 Å². The van der Waals surface area contributed by atoms with Gasteiger partial charge in [0.05, 0.1) is 4.90 Å². The Morgan fingerprint density at radius 2 is 1.83 bits per heavy atom. The zero-order valence-corrected chi connectivity index (χ0v) is 11.9. The van der Waals surface area contributed by atoms with Gasteiger partial charge in [-0.15, -0.1) is 0 Å². The summed E-state index contributed by atoms with van der Waals surface area (Å²) in [4.78, 5) is 0.152. The molecule has 0 aliphatic heterocycles. The highest BCUT2D eigenvalue weighted by Crippen LogP contribution is 2.15. The Morgan fingerprint density at radius 3 is 2.39 bits per heavy atom. The summed E-state index contributed by atoms with van der Waals surface area (Å²) in [7, 11) is -3.74. The predicted octanol–water partition coefficient (Wildman–Crippen LogP) is 2.86. The van der Waals surface area contributed by atoms with E-state index in [1.165, 1.54) is 12.1 Å². The lowest BCUT2D eigenvalue weighted by molar-refractivity contribution is -0.0634. The van der Waals surface area contributed by atoms with Gasteiger partial charge in [-0.05, 0) is 32.4 Å². The first kappa shape index (κ1) is 15.1. The predicted molar refractivity (Wildman–Crippen MR) is 69.8 cm³/mol. The van der Waals surface area contributed by atoms with Gasteiger partial charge in [0.15, 0.2) is 6.29 Å². The summed E-state index contributed by atoms with van der Waals surface area (Å²) in [6.07, 6.45) is 1.12. The van der Waals surface area contributed by atoms with Crippen LogP contribution in [0, 0.1) is 6.92 Å². The van der Waals surface area contributed by atoms with Crippen LogP contribution in [0.5, 0.6) is 0 Å². The number of hydrogen-bond acceptors (Lipinski definition) is 4. The van der Waals surface area contributed by atoms with E-state index < -0.39 is 16.4 Å². The zero-order chi connectivity index (χ0) is 13.6. The number of unbranched alkanes of at least 4 members (excludes halogenated alkanes) is 1. The first-order chi connectivity index (χ1) is 8.45. The molecule has 0 radical (unpaired) electrons. The Hall–Kier alpha value is -0.910. The van der Waals surface area contributed by atoms with Gasteiger partial charge in [0, 0.05) is 6.61 Å². The quantitative estimate of drug-likeness (QED) is 0.435. The van der Waals surface area contributed by atoms with Crippen molar-refractivity contribution in [1.82, 2.24) is 0 Å². The monoisotopic (exact) mass is 272 g/mol. The summed E-state index contributed by atoms with van der Waals surface area (Å²) in [5, 5.41) is 0. The molecular formula is C13H20O4S. The minimum Gasteiger partial charge on any atom is -0.352 e. The van der Waals surface area contributed by atoms with Crippen LogP contribution < -0.4 is 0 Å². The maximum atomic E-state index is 11.9. The third-order valence-corrected chi connectivity index (χ3v) is 3.80. The van der Waals surface area contributed by atoms with Crippen LogP contribution in [-0.4, -0.2) is 21.3 Å². The number of aryl methyl sites for hydroxylation is 1. The molecule has 1 atom stereocenters. The van der Waals surface area contributed by atoms with Crippen molar-refractivity contribution in [3.05, 3.63) is 29.8 Å². The van der Waals surface area contributed by atoms with Crippen LogP contribution in [0.25, 0.3) is 0 Å². The summed E-state index contributed by atoms with van der Waals surface area (Å²) in [5.74, 6) is 0. The molecule has 0 N–H and O–H groups in total. The summed E-state index contributed by atoms with van der Waals surface area (Å²) >= 11 is 0. The maximum absolute atomic E-state index is 11.9. The van der Waals surface area contributed by atoms with Crippen LogP contribution in [0.1, 0.15) is 32.3 Å². The smallest absolute Gasteiger partial charge is 0.299 e. The first-order valence-corrected chi connectivity index (χ1v) is 7.48. The lowest BCUT2D eigenvalue weighted by Gasteiger charge is -2.13. The molecule has 0 heterocycles. The van der Waals surface area contributed by atoms with E-state index in [0.717, 1.165) is 18.4 Å². The third kappa shape index (κ3) is 4.76. The fraction of sp³-hybridized carbons (Fsp3) is 0.538. The molecule has 0 aliphatic carbocycles. The molecule has 0 aliphatic rings. The minimum absolute atomic E-state index is 0.152. The van der Waals surface area contributed by atoms with Gasteiger partial charge in [0.2, 0.25) is 0 Å². The highest BCUT2D eigenvalue weighted by atomic mass is 32.2. The van der Waals surface area contributed by atoms with E-state index in [0.29, 0.717) is 6.61 Å². The van der Waals surface area contributed by atoms with Crippen LogP contribution >= 0.6 is 0 Å². The number of rotatable bonds is 7. The third-order valence-electron chi connectivity index (χ3n) is 2.42. The van der Waals surface area contributed by atoms with Crippen molar-refractivity contribution < 1.29 is 17.3 Å². The van der Waals surface area contributed by atoms with E-state index in [1.807, 2.05) is 13.8 Å². The highest BCUT2D eigenvalue weighted by Gasteiger charge is 2.18. The molecule has 0 saturated carbocycles. The van der Waals surface area contributed by atoms with Crippen molar-refractivity contribution in [2.75, 3.05) is 6.61 Å². The van der Waals surface area contributed by atoms with Crippen LogP contribution in [0.2, 0.25) is 0 Å². The van der Waals surface area contributed by atoms with Crippen molar-refractivity contribution in [3.8, 4) is 0 Å². The second-order valence-corrected chi connectivity index (χ2v) is 5.73.